The van der Waals surface area contributed by atoms with Crippen LogP contribution in [0, 0.1) is 5.82 Å². The Morgan fingerprint density at radius 1 is 1.48 bits per heavy atom. The molecule has 0 spiro atoms. The maximum atomic E-state index is 13.0. The maximum Gasteiger partial charge on any atom is 0.339 e. The molecule has 0 aliphatic carbocycles. The second-order valence-electron chi connectivity index (χ2n) is 4.79. The van der Waals surface area contributed by atoms with Gasteiger partial charge in [-0.2, -0.15) is 0 Å². The lowest BCUT2D eigenvalue weighted by Gasteiger charge is -2.13. The van der Waals surface area contributed by atoms with Crippen molar-refractivity contribution in [3.63, 3.8) is 0 Å². The van der Waals surface area contributed by atoms with Crippen LogP contribution in [-0.4, -0.2) is 28.7 Å². The van der Waals surface area contributed by atoms with E-state index in [1.807, 2.05) is 24.3 Å². The molecule has 1 aromatic carbocycles. The Bertz CT molecular complexity index is 665. The third-order valence-corrected chi connectivity index (χ3v) is 3.30. The summed E-state index contributed by atoms with van der Waals surface area (Å²) in [6.07, 6.45) is 1.63. The van der Waals surface area contributed by atoms with Gasteiger partial charge in [0, 0.05) is 6.42 Å². The van der Waals surface area contributed by atoms with E-state index in [4.69, 9.17) is 9.84 Å². The van der Waals surface area contributed by atoms with Gasteiger partial charge in [0.05, 0.1) is 12.7 Å². The molecule has 108 valence electrons. The number of ether oxygens (including phenoxy) is 1. The van der Waals surface area contributed by atoms with Crippen LogP contribution in [0.4, 0.5) is 10.2 Å². The molecule has 1 aromatic heterocycles. The summed E-state index contributed by atoms with van der Waals surface area (Å²) in [5.41, 5.74) is 0.931. The van der Waals surface area contributed by atoms with Crippen molar-refractivity contribution in [1.82, 2.24) is 4.98 Å². The number of hydrogen-bond donors (Lipinski definition) is 2. The first kappa shape index (κ1) is 13.4. The normalized spacial score (nSPS) is 16.1. The quantitative estimate of drug-likeness (QED) is 0.903. The molecule has 0 fully saturated rings. The summed E-state index contributed by atoms with van der Waals surface area (Å²) in [7, 11) is 0. The first-order chi connectivity index (χ1) is 10.1. The van der Waals surface area contributed by atoms with Crippen molar-refractivity contribution in [3.8, 4) is 5.75 Å². The van der Waals surface area contributed by atoms with Crippen LogP contribution >= 0.6 is 0 Å². The zero-order chi connectivity index (χ0) is 14.8. The molecule has 0 radical (unpaired) electrons. The fourth-order valence-electron chi connectivity index (χ4n) is 2.32. The molecule has 0 saturated heterocycles. The largest absolute Gasteiger partial charge is 0.488 e. The summed E-state index contributed by atoms with van der Waals surface area (Å²) in [6, 6.07) is 8.69. The van der Waals surface area contributed by atoms with E-state index in [9.17, 15) is 9.18 Å². The van der Waals surface area contributed by atoms with Crippen molar-refractivity contribution in [2.24, 2.45) is 0 Å². The summed E-state index contributed by atoms with van der Waals surface area (Å²) in [6.45, 7) is 0.396. The number of hydrogen-bond acceptors (Lipinski definition) is 4. The molecule has 0 amide bonds. The first-order valence-corrected chi connectivity index (χ1v) is 6.51. The van der Waals surface area contributed by atoms with E-state index in [2.05, 4.69) is 10.3 Å². The number of halogens is 1. The SMILES string of the molecule is O=C(O)c1cc(F)cnc1NCC1Cc2ccccc2O1. The van der Waals surface area contributed by atoms with E-state index in [0.29, 0.717) is 6.54 Å². The fourth-order valence-corrected chi connectivity index (χ4v) is 2.32. The highest BCUT2D eigenvalue weighted by molar-refractivity contribution is 5.93. The topological polar surface area (TPSA) is 71.5 Å². The van der Waals surface area contributed by atoms with Crippen LogP contribution in [0.2, 0.25) is 0 Å². The number of benzene rings is 1. The van der Waals surface area contributed by atoms with Gasteiger partial charge in [0.25, 0.3) is 0 Å². The zero-order valence-corrected chi connectivity index (χ0v) is 11.0. The smallest absolute Gasteiger partial charge is 0.339 e. The number of anilines is 1. The second-order valence-corrected chi connectivity index (χ2v) is 4.79. The molecule has 0 saturated carbocycles. The molecule has 21 heavy (non-hydrogen) atoms. The molecular weight excluding hydrogens is 275 g/mol. The monoisotopic (exact) mass is 288 g/mol. The molecule has 1 unspecified atom stereocenters. The van der Waals surface area contributed by atoms with E-state index >= 15 is 0 Å². The molecule has 1 aliphatic rings. The summed E-state index contributed by atoms with van der Waals surface area (Å²) in [5.74, 6) is -0.916. The number of carboxylic acids is 1. The summed E-state index contributed by atoms with van der Waals surface area (Å²) < 4.78 is 18.8. The van der Waals surface area contributed by atoms with Crippen molar-refractivity contribution in [1.29, 1.82) is 0 Å². The Hall–Kier alpha value is -2.63. The first-order valence-electron chi connectivity index (χ1n) is 6.51. The highest BCUT2D eigenvalue weighted by Crippen LogP contribution is 2.28. The average Bonchev–Trinajstić information content (AvgIpc) is 2.88. The van der Waals surface area contributed by atoms with E-state index in [-0.39, 0.29) is 17.5 Å². The van der Waals surface area contributed by atoms with Gasteiger partial charge < -0.3 is 15.2 Å². The van der Waals surface area contributed by atoms with Gasteiger partial charge in [0.2, 0.25) is 0 Å². The van der Waals surface area contributed by atoms with Gasteiger partial charge in [0.15, 0.2) is 0 Å². The van der Waals surface area contributed by atoms with Crippen LogP contribution in [0.1, 0.15) is 15.9 Å². The number of aromatic carboxylic acids is 1. The van der Waals surface area contributed by atoms with Crippen LogP contribution in [0.15, 0.2) is 36.5 Å². The van der Waals surface area contributed by atoms with Gasteiger partial charge in [-0.25, -0.2) is 14.2 Å². The molecule has 5 nitrogen and oxygen atoms in total. The van der Waals surface area contributed by atoms with Crippen LogP contribution < -0.4 is 10.1 Å². The predicted octanol–water partition coefficient (Wildman–Crippen LogP) is 2.33. The zero-order valence-electron chi connectivity index (χ0n) is 11.0. The van der Waals surface area contributed by atoms with Crippen LogP contribution in [0.25, 0.3) is 0 Å². The van der Waals surface area contributed by atoms with Gasteiger partial charge in [-0.15, -0.1) is 0 Å². The predicted molar refractivity (Wildman–Crippen MR) is 74.2 cm³/mol. The Balaban J connectivity index is 1.68. The third kappa shape index (κ3) is 2.79. The standard InChI is InChI=1S/C15H13FN2O3/c16-10-6-12(15(19)20)14(17-7-10)18-8-11-5-9-3-1-2-4-13(9)21-11/h1-4,6-7,11H,5,8H2,(H,17,18)(H,19,20). The minimum atomic E-state index is -1.22. The Kier molecular flexibility index (Phi) is 3.43. The van der Waals surface area contributed by atoms with Gasteiger partial charge >= 0.3 is 5.97 Å². The van der Waals surface area contributed by atoms with Gasteiger partial charge in [-0.3, -0.25) is 0 Å². The molecule has 2 aromatic rings. The number of aromatic nitrogens is 1. The summed E-state index contributed by atoms with van der Waals surface area (Å²) in [5, 5.41) is 12.0. The lowest BCUT2D eigenvalue weighted by atomic mass is 10.1. The Labute approximate surface area is 120 Å². The van der Waals surface area contributed by atoms with E-state index in [0.717, 1.165) is 30.0 Å². The minimum absolute atomic E-state index is 0.101. The van der Waals surface area contributed by atoms with Gasteiger partial charge in [-0.1, -0.05) is 18.2 Å². The van der Waals surface area contributed by atoms with E-state index in [1.54, 1.807) is 0 Å². The highest BCUT2D eigenvalue weighted by Gasteiger charge is 2.23. The van der Waals surface area contributed by atoms with Crippen LogP contribution in [0.3, 0.4) is 0 Å². The third-order valence-electron chi connectivity index (χ3n) is 3.30. The van der Waals surface area contributed by atoms with Gasteiger partial charge in [0.1, 0.15) is 29.1 Å². The molecule has 6 heteroatoms. The molecule has 3 rings (SSSR count). The molecule has 0 bridgehead atoms. The fraction of sp³-hybridized carbons (Fsp3) is 0.200. The average molecular weight is 288 g/mol. The number of pyridine rings is 1. The van der Waals surface area contributed by atoms with Crippen molar-refractivity contribution in [2.75, 3.05) is 11.9 Å². The van der Waals surface area contributed by atoms with Crippen LogP contribution in [-0.2, 0) is 6.42 Å². The number of para-hydroxylation sites is 1. The maximum absolute atomic E-state index is 13.0. The van der Waals surface area contributed by atoms with Crippen molar-refractivity contribution in [3.05, 3.63) is 53.5 Å². The lowest BCUT2D eigenvalue weighted by Crippen LogP contribution is -2.25. The minimum Gasteiger partial charge on any atom is -0.488 e. The van der Waals surface area contributed by atoms with E-state index in [1.165, 1.54) is 0 Å². The number of fused-ring (bicyclic) bond motifs is 1. The summed E-state index contributed by atoms with van der Waals surface area (Å²) in [4.78, 5) is 14.9. The number of nitrogens with one attached hydrogen (secondary N) is 1. The number of rotatable bonds is 4. The molecule has 1 aliphatic heterocycles. The van der Waals surface area contributed by atoms with Crippen molar-refractivity contribution in [2.45, 2.75) is 12.5 Å². The number of carbonyl (C=O) groups is 1. The second kappa shape index (κ2) is 5.40. The number of carboxylic acid groups (broad SMARTS) is 1. The Morgan fingerprint density at radius 2 is 2.29 bits per heavy atom. The lowest BCUT2D eigenvalue weighted by molar-refractivity contribution is 0.0697. The molecular formula is C15H13FN2O3. The van der Waals surface area contributed by atoms with Crippen LogP contribution in [0.5, 0.6) is 5.75 Å². The van der Waals surface area contributed by atoms with Crippen molar-refractivity contribution < 1.29 is 19.0 Å². The Morgan fingerprint density at radius 3 is 3.05 bits per heavy atom. The highest BCUT2D eigenvalue weighted by atomic mass is 19.1. The van der Waals surface area contributed by atoms with E-state index < -0.39 is 11.8 Å². The van der Waals surface area contributed by atoms with Gasteiger partial charge in [-0.05, 0) is 17.7 Å². The molecule has 2 heterocycles. The molecule has 2 N–H and O–H groups in total. The summed E-state index contributed by atoms with van der Waals surface area (Å²) >= 11 is 0. The van der Waals surface area contributed by atoms with Crippen molar-refractivity contribution >= 4 is 11.8 Å². The molecule has 1 atom stereocenters. The number of nitrogens with zero attached hydrogens (tertiary/aromatic N) is 1.